The van der Waals surface area contributed by atoms with Crippen molar-refractivity contribution in [3.8, 4) is 0 Å². The van der Waals surface area contributed by atoms with Crippen LogP contribution < -0.4 is 4.90 Å². The molecule has 2 aromatic carbocycles. The Labute approximate surface area is 150 Å². The van der Waals surface area contributed by atoms with E-state index in [4.69, 9.17) is 4.74 Å². The summed E-state index contributed by atoms with van der Waals surface area (Å²) in [4.78, 5) is 26.8. The van der Waals surface area contributed by atoms with Crippen LogP contribution >= 0.6 is 0 Å². The molecule has 0 fully saturated rings. The number of nitrogens with one attached hydrogen (secondary N) is 1. The number of carbonyl (C=O) groups is 2. The highest BCUT2D eigenvalue weighted by Gasteiger charge is 2.28. The molecule has 2 heterocycles. The SMILES string of the molecule is C[C@@H]1CCc2ccccc2N1C(=O)COC(=O)c1ccc2[nH]ncc2c1. The van der Waals surface area contributed by atoms with Gasteiger partial charge in [-0.15, -0.1) is 0 Å². The Bertz CT molecular complexity index is 979. The molecular weight excluding hydrogens is 330 g/mol. The lowest BCUT2D eigenvalue weighted by molar-refractivity contribution is -0.122. The molecule has 0 radical (unpaired) electrons. The third kappa shape index (κ3) is 2.94. The lowest BCUT2D eigenvalue weighted by atomic mass is 9.96. The summed E-state index contributed by atoms with van der Waals surface area (Å²) in [6.07, 6.45) is 3.49. The molecule has 1 N–H and O–H groups in total. The smallest absolute Gasteiger partial charge is 0.338 e. The summed E-state index contributed by atoms with van der Waals surface area (Å²) in [6, 6.07) is 13.1. The second kappa shape index (κ2) is 6.63. The average molecular weight is 349 g/mol. The maximum Gasteiger partial charge on any atom is 0.338 e. The van der Waals surface area contributed by atoms with E-state index in [9.17, 15) is 9.59 Å². The summed E-state index contributed by atoms with van der Waals surface area (Å²) in [5.74, 6) is -0.721. The molecule has 1 aromatic heterocycles. The lowest BCUT2D eigenvalue weighted by Gasteiger charge is -2.35. The van der Waals surface area contributed by atoms with Gasteiger partial charge >= 0.3 is 5.97 Å². The zero-order chi connectivity index (χ0) is 18.1. The molecule has 26 heavy (non-hydrogen) atoms. The summed E-state index contributed by atoms with van der Waals surface area (Å²) in [7, 11) is 0. The van der Waals surface area contributed by atoms with Crippen LogP contribution in [0.1, 0.15) is 29.3 Å². The molecule has 0 spiro atoms. The number of nitrogens with zero attached hydrogens (tertiary/aromatic N) is 2. The number of fused-ring (bicyclic) bond motifs is 2. The van der Waals surface area contributed by atoms with Gasteiger partial charge in [0.1, 0.15) is 0 Å². The molecule has 132 valence electrons. The van der Waals surface area contributed by atoms with Gasteiger partial charge < -0.3 is 9.64 Å². The number of anilines is 1. The highest BCUT2D eigenvalue weighted by Crippen LogP contribution is 2.30. The molecule has 6 heteroatoms. The lowest BCUT2D eigenvalue weighted by Crippen LogP contribution is -2.44. The highest BCUT2D eigenvalue weighted by atomic mass is 16.5. The summed E-state index contributed by atoms with van der Waals surface area (Å²) in [5, 5.41) is 7.58. The van der Waals surface area contributed by atoms with Gasteiger partial charge in [-0.05, 0) is 49.6 Å². The molecule has 3 aromatic rings. The number of aromatic nitrogens is 2. The highest BCUT2D eigenvalue weighted by molar-refractivity contribution is 5.99. The van der Waals surface area contributed by atoms with Crippen LogP contribution in [0, 0.1) is 0 Å². The molecule has 1 amide bonds. The summed E-state index contributed by atoms with van der Waals surface area (Å²) >= 11 is 0. The maximum atomic E-state index is 12.7. The van der Waals surface area contributed by atoms with E-state index < -0.39 is 5.97 Å². The maximum absolute atomic E-state index is 12.7. The summed E-state index contributed by atoms with van der Waals surface area (Å²) < 4.78 is 5.27. The Hall–Kier alpha value is -3.15. The summed E-state index contributed by atoms with van der Waals surface area (Å²) in [6.45, 7) is 1.74. The van der Waals surface area contributed by atoms with Crippen molar-refractivity contribution in [3.05, 3.63) is 59.8 Å². The van der Waals surface area contributed by atoms with Gasteiger partial charge in [0.15, 0.2) is 6.61 Å². The first-order valence-corrected chi connectivity index (χ1v) is 8.64. The van der Waals surface area contributed by atoms with E-state index in [2.05, 4.69) is 10.2 Å². The molecule has 1 atom stereocenters. The predicted molar refractivity (Wildman–Crippen MR) is 98.1 cm³/mol. The molecule has 0 aliphatic carbocycles. The van der Waals surface area contributed by atoms with Crippen molar-refractivity contribution in [2.45, 2.75) is 25.8 Å². The Morgan fingerprint density at radius 3 is 3.00 bits per heavy atom. The Morgan fingerprint density at radius 1 is 1.27 bits per heavy atom. The number of benzene rings is 2. The van der Waals surface area contributed by atoms with E-state index >= 15 is 0 Å². The Kier molecular flexibility index (Phi) is 4.16. The normalized spacial score (nSPS) is 16.3. The number of aryl methyl sites for hydroxylation is 1. The van der Waals surface area contributed by atoms with Crippen molar-refractivity contribution in [2.75, 3.05) is 11.5 Å². The van der Waals surface area contributed by atoms with E-state index in [0.29, 0.717) is 5.56 Å². The predicted octanol–water partition coefficient (Wildman–Crippen LogP) is 3.09. The standard InChI is InChI=1S/C20H19N3O3/c1-13-6-7-14-4-2-3-5-18(14)23(13)19(24)12-26-20(25)15-8-9-17-16(10-15)11-21-22-17/h2-5,8-11,13H,6-7,12H2,1H3,(H,21,22)/t13-/m1/s1. The topological polar surface area (TPSA) is 75.3 Å². The molecule has 6 nitrogen and oxygen atoms in total. The van der Waals surface area contributed by atoms with E-state index in [1.807, 2.05) is 31.2 Å². The number of hydrogen-bond acceptors (Lipinski definition) is 4. The summed E-state index contributed by atoms with van der Waals surface area (Å²) in [5.41, 5.74) is 3.30. The van der Waals surface area contributed by atoms with Crippen molar-refractivity contribution < 1.29 is 14.3 Å². The van der Waals surface area contributed by atoms with Crippen LogP contribution in [-0.2, 0) is 16.0 Å². The number of ether oxygens (including phenoxy) is 1. The molecule has 4 rings (SSSR count). The zero-order valence-corrected chi connectivity index (χ0v) is 14.4. The second-order valence-electron chi connectivity index (χ2n) is 6.53. The number of amides is 1. The fourth-order valence-electron chi connectivity index (χ4n) is 3.42. The van der Waals surface area contributed by atoms with Crippen LogP contribution in [0.15, 0.2) is 48.7 Å². The number of carbonyl (C=O) groups excluding carboxylic acids is 2. The molecule has 0 saturated heterocycles. The minimum atomic E-state index is -0.514. The van der Waals surface area contributed by atoms with Crippen LogP contribution in [0.25, 0.3) is 10.9 Å². The van der Waals surface area contributed by atoms with Gasteiger partial charge in [0.05, 0.1) is 17.3 Å². The molecule has 0 unspecified atom stereocenters. The van der Waals surface area contributed by atoms with Gasteiger partial charge in [0.2, 0.25) is 0 Å². The number of para-hydroxylation sites is 1. The average Bonchev–Trinajstić information content (AvgIpc) is 3.13. The largest absolute Gasteiger partial charge is 0.452 e. The van der Waals surface area contributed by atoms with Gasteiger partial charge in [-0.3, -0.25) is 9.89 Å². The van der Waals surface area contributed by atoms with Crippen molar-refractivity contribution in [2.24, 2.45) is 0 Å². The van der Waals surface area contributed by atoms with E-state index in [-0.39, 0.29) is 18.6 Å². The Morgan fingerprint density at radius 2 is 2.12 bits per heavy atom. The van der Waals surface area contributed by atoms with Gasteiger partial charge in [-0.25, -0.2) is 4.79 Å². The van der Waals surface area contributed by atoms with Crippen molar-refractivity contribution in [1.82, 2.24) is 10.2 Å². The first-order chi connectivity index (χ1) is 12.6. The fraction of sp³-hybridized carbons (Fsp3) is 0.250. The fourth-order valence-corrected chi connectivity index (χ4v) is 3.42. The zero-order valence-electron chi connectivity index (χ0n) is 14.4. The van der Waals surface area contributed by atoms with E-state index in [1.165, 1.54) is 0 Å². The van der Waals surface area contributed by atoms with Crippen LogP contribution in [0.3, 0.4) is 0 Å². The Balaban J connectivity index is 1.47. The quantitative estimate of drug-likeness (QED) is 0.737. The monoisotopic (exact) mass is 349 g/mol. The van der Waals surface area contributed by atoms with Gasteiger partial charge in [-0.2, -0.15) is 5.10 Å². The number of esters is 1. The number of H-pyrrole nitrogens is 1. The number of aromatic amines is 1. The van der Waals surface area contributed by atoms with Crippen molar-refractivity contribution >= 4 is 28.5 Å². The van der Waals surface area contributed by atoms with Gasteiger partial charge in [0.25, 0.3) is 5.91 Å². The first-order valence-electron chi connectivity index (χ1n) is 8.64. The van der Waals surface area contributed by atoms with Crippen molar-refractivity contribution in [3.63, 3.8) is 0 Å². The van der Waals surface area contributed by atoms with Crippen LogP contribution in [0.2, 0.25) is 0 Å². The second-order valence-corrected chi connectivity index (χ2v) is 6.53. The van der Waals surface area contributed by atoms with Crippen LogP contribution in [-0.4, -0.2) is 34.7 Å². The van der Waals surface area contributed by atoms with E-state index in [1.54, 1.807) is 29.3 Å². The molecule has 1 aliphatic rings. The molecular formula is C20H19N3O3. The molecule has 1 aliphatic heterocycles. The van der Waals surface area contributed by atoms with Crippen LogP contribution in [0.4, 0.5) is 5.69 Å². The number of hydrogen-bond donors (Lipinski definition) is 1. The minimum Gasteiger partial charge on any atom is -0.452 e. The van der Waals surface area contributed by atoms with Crippen molar-refractivity contribution in [1.29, 1.82) is 0 Å². The van der Waals surface area contributed by atoms with Gasteiger partial charge in [-0.1, -0.05) is 18.2 Å². The third-order valence-corrected chi connectivity index (χ3v) is 4.79. The van der Waals surface area contributed by atoms with Crippen LogP contribution in [0.5, 0.6) is 0 Å². The minimum absolute atomic E-state index is 0.0818. The molecule has 0 saturated carbocycles. The number of rotatable bonds is 3. The molecule has 0 bridgehead atoms. The van der Waals surface area contributed by atoms with Gasteiger partial charge in [0, 0.05) is 17.1 Å². The third-order valence-electron chi connectivity index (χ3n) is 4.79. The first kappa shape index (κ1) is 16.3. The van der Waals surface area contributed by atoms with E-state index in [0.717, 1.165) is 35.0 Å².